The van der Waals surface area contributed by atoms with Gasteiger partial charge in [-0.3, -0.25) is 4.99 Å². The number of rotatable bonds is 4. The summed E-state index contributed by atoms with van der Waals surface area (Å²) in [5.41, 5.74) is 1.41. The second-order valence-electron chi connectivity index (χ2n) is 6.94. The SMILES string of the molecule is CCc1nc2n(n1)CC(NC(=NC)NC1CC1c1ccccc1)CC2.I. The van der Waals surface area contributed by atoms with Gasteiger partial charge in [-0.2, -0.15) is 5.10 Å². The van der Waals surface area contributed by atoms with Gasteiger partial charge in [-0.05, 0) is 18.4 Å². The number of hydrogen-bond donors (Lipinski definition) is 2. The van der Waals surface area contributed by atoms with E-state index in [1.54, 1.807) is 0 Å². The van der Waals surface area contributed by atoms with Crippen LogP contribution in [0.5, 0.6) is 0 Å². The number of nitrogens with one attached hydrogen (secondary N) is 2. The molecule has 2 aliphatic rings. The monoisotopic (exact) mass is 466 g/mol. The Bertz CT molecular complexity index is 757. The Morgan fingerprint density at radius 2 is 2.08 bits per heavy atom. The maximum atomic E-state index is 4.58. The van der Waals surface area contributed by atoms with E-state index in [-0.39, 0.29) is 24.0 Å². The standard InChI is InChI=1S/C19H26N6.HI/c1-3-17-23-18-10-9-14(12-25(18)24-17)21-19(20-2)22-16-11-15(16)13-7-5-4-6-8-13;/h4-8,14-16H,3,9-12H2,1-2H3,(H2,20,21,22);1H. The lowest BCUT2D eigenvalue weighted by molar-refractivity contribution is 0.392. The van der Waals surface area contributed by atoms with Crippen LogP contribution >= 0.6 is 24.0 Å². The molecule has 7 heteroatoms. The third kappa shape index (κ3) is 4.19. The second kappa shape index (κ2) is 8.37. The van der Waals surface area contributed by atoms with Gasteiger partial charge in [-0.25, -0.2) is 9.67 Å². The molecule has 2 heterocycles. The van der Waals surface area contributed by atoms with Gasteiger partial charge >= 0.3 is 0 Å². The Hall–Kier alpha value is -1.64. The number of benzene rings is 1. The molecule has 0 spiro atoms. The minimum atomic E-state index is 0. The van der Waals surface area contributed by atoms with Crippen LogP contribution in [-0.4, -0.2) is 39.9 Å². The quantitative estimate of drug-likeness (QED) is 0.413. The summed E-state index contributed by atoms with van der Waals surface area (Å²) in [6.07, 6.45) is 4.10. The lowest BCUT2D eigenvalue weighted by atomic mass is 10.1. The molecule has 0 radical (unpaired) electrons. The maximum absolute atomic E-state index is 4.58. The summed E-state index contributed by atoms with van der Waals surface area (Å²) < 4.78 is 2.05. The van der Waals surface area contributed by atoms with E-state index in [1.807, 2.05) is 7.05 Å². The molecule has 1 aliphatic carbocycles. The second-order valence-corrected chi connectivity index (χ2v) is 6.94. The third-order valence-corrected chi connectivity index (χ3v) is 5.12. The van der Waals surface area contributed by atoms with Crippen LogP contribution in [0.4, 0.5) is 0 Å². The van der Waals surface area contributed by atoms with Gasteiger partial charge in [0, 0.05) is 37.9 Å². The summed E-state index contributed by atoms with van der Waals surface area (Å²) in [5, 5.41) is 11.7. The molecule has 4 rings (SSSR count). The molecule has 6 nitrogen and oxygen atoms in total. The summed E-state index contributed by atoms with van der Waals surface area (Å²) in [6.45, 7) is 2.96. The smallest absolute Gasteiger partial charge is 0.191 e. The van der Waals surface area contributed by atoms with Gasteiger partial charge in [0.1, 0.15) is 5.82 Å². The first-order valence-electron chi connectivity index (χ1n) is 9.24. The fourth-order valence-electron chi connectivity index (χ4n) is 3.59. The van der Waals surface area contributed by atoms with Crippen molar-refractivity contribution in [2.45, 2.75) is 57.2 Å². The first-order chi connectivity index (χ1) is 12.3. The van der Waals surface area contributed by atoms with E-state index < -0.39 is 0 Å². The summed E-state index contributed by atoms with van der Waals surface area (Å²) in [7, 11) is 1.84. The third-order valence-electron chi connectivity index (χ3n) is 5.12. The van der Waals surface area contributed by atoms with Crippen molar-refractivity contribution < 1.29 is 0 Å². The van der Waals surface area contributed by atoms with Gasteiger partial charge in [-0.15, -0.1) is 24.0 Å². The Morgan fingerprint density at radius 3 is 2.81 bits per heavy atom. The van der Waals surface area contributed by atoms with Crippen LogP contribution in [-0.2, 0) is 19.4 Å². The molecular formula is C19H27IN6. The Balaban J connectivity index is 0.00000196. The van der Waals surface area contributed by atoms with E-state index in [9.17, 15) is 0 Å². The van der Waals surface area contributed by atoms with E-state index in [4.69, 9.17) is 0 Å². The van der Waals surface area contributed by atoms with Crippen LogP contribution in [0.2, 0.25) is 0 Å². The lowest BCUT2D eigenvalue weighted by Crippen LogP contribution is -2.47. The van der Waals surface area contributed by atoms with Crippen molar-refractivity contribution in [3.63, 3.8) is 0 Å². The van der Waals surface area contributed by atoms with E-state index in [1.165, 1.54) is 12.0 Å². The summed E-state index contributed by atoms with van der Waals surface area (Å²) >= 11 is 0. The Kier molecular flexibility index (Phi) is 6.16. The Morgan fingerprint density at radius 1 is 1.27 bits per heavy atom. The van der Waals surface area contributed by atoms with Gasteiger partial charge in [0.05, 0.1) is 6.54 Å². The number of hydrogen-bond acceptors (Lipinski definition) is 3. The zero-order chi connectivity index (χ0) is 17.2. The van der Waals surface area contributed by atoms with Crippen molar-refractivity contribution in [3.05, 3.63) is 47.5 Å². The molecular weight excluding hydrogens is 439 g/mol. The van der Waals surface area contributed by atoms with Crippen molar-refractivity contribution in [2.24, 2.45) is 4.99 Å². The van der Waals surface area contributed by atoms with Gasteiger partial charge in [0.25, 0.3) is 0 Å². The van der Waals surface area contributed by atoms with Crippen molar-refractivity contribution in [2.75, 3.05) is 7.05 Å². The van der Waals surface area contributed by atoms with Crippen LogP contribution in [0.15, 0.2) is 35.3 Å². The zero-order valence-electron chi connectivity index (χ0n) is 15.4. The molecule has 140 valence electrons. The van der Waals surface area contributed by atoms with E-state index >= 15 is 0 Å². The molecule has 0 saturated heterocycles. The van der Waals surface area contributed by atoms with Gasteiger partial charge in [0.15, 0.2) is 11.8 Å². The normalized spacial score (nSPS) is 24.4. The number of aromatic nitrogens is 3. The largest absolute Gasteiger partial charge is 0.353 e. The van der Waals surface area contributed by atoms with Crippen LogP contribution in [0.25, 0.3) is 0 Å². The van der Waals surface area contributed by atoms with Gasteiger partial charge < -0.3 is 10.6 Å². The molecule has 2 aromatic rings. The minimum Gasteiger partial charge on any atom is -0.353 e. The highest BCUT2D eigenvalue weighted by Crippen LogP contribution is 2.40. The van der Waals surface area contributed by atoms with Crippen LogP contribution in [0.3, 0.4) is 0 Å². The summed E-state index contributed by atoms with van der Waals surface area (Å²) in [5.74, 6) is 3.55. The number of guanidine groups is 1. The predicted molar refractivity (Wildman–Crippen MR) is 114 cm³/mol. The fraction of sp³-hybridized carbons (Fsp3) is 0.526. The zero-order valence-corrected chi connectivity index (χ0v) is 17.7. The number of fused-ring (bicyclic) bond motifs is 1. The fourth-order valence-corrected chi connectivity index (χ4v) is 3.59. The lowest BCUT2D eigenvalue weighted by Gasteiger charge is -2.25. The molecule has 0 amide bonds. The van der Waals surface area contributed by atoms with Gasteiger partial charge in [-0.1, -0.05) is 37.3 Å². The first-order valence-corrected chi connectivity index (χ1v) is 9.24. The molecule has 0 bridgehead atoms. The predicted octanol–water partition coefficient (Wildman–Crippen LogP) is 2.49. The number of nitrogens with zero attached hydrogens (tertiary/aromatic N) is 4. The first kappa shape index (κ1) is 19.1. The van der Waals surface area contributed by atoms with E-state index in [2.05, 4.69) is 67.6 Å². The summed E-state index contributed by atoms with van der Waals surface area (Å²) in [6, 6.07) is 11.5. The molecule has 1 aliphatic heterocycles. The van der Waals surface area contributed by atoms with Crippen molar-refractivity contribution in [1.29, 1.82) is 0 Å². The maximum Gasteiger partial charge on any atom is 0.191 e. The summed E-state index contributed by atoms with van der Waals surface area (Å²) in [4.78, 5) is 9.00. The molecule has 1 aromatic heterocycles. The molecule has 3 unspecified atom stereocenters. The molecule has 1 aromatic carbocycles. The molecule has 1 saturated carbocycles. The molecule has 3 atom stereocenters. The number of aryl methyl sites for hydroxylation is 2. The average molecular weight is 466 g/mol. The van der Waals surface area contributed by atoms with Crippen molar-refractivity contribution in [1.82, 2.24) is 25.4 Å². The van der Waals surface area contributed by atoms with Crippen LogP contribution in [0.1, 0.15) is 42.9 Å². The highest BCUT2D eigenvalue weighted by atomic mass is 127. The Labute approximate surface area is 171 Å². The molecule has 2 N–H and O–H groups in total. The van der Waals surface area contributed by atoms with Crippen molar-refractivity contribution in [3.8, 4) is 0 Å². The highest BCUT2D eigenvalue weighted by molar-refractivity contribution is 14.0. The molecule has 1 fully saturated rings. The van der Waals surface area contributed by atoms with E-state index in [0.29, 0.717) is 18.0 Å². The average Bonchev–Trinajstić information content (AvgIpc) is 3.29. The van der Waals surface area contributed by atoms with E-state index in [0.717, 1.165) is 43.4 Å². The number of aliphatic imine (C=N–C) groups is 1. The highest BCUT2D eigenvalue weighted by Gasteiger charge is 2.39. The topological polar surface area (TPSA) is 67.1 Å². The number of halogens is 1. The van der Waals surface area contributed by atoms with Gasteiger partial charge in [0.2, 0.25) is 0 Å². The van der Waals surface area contributed by atoms with Crippen LogP contribution < -0.4 is 10.6 Å². The molecule has 26 heavy (non-hydrogen) atoms. The van der Waals surface area contributed by atoms with Crippen LogP contribution in [0, 0.1) is 0 Å². The van der Waals surface area contributed by atoms with Crippen molar-refractivity contribution >= 4 is 29.9 Å². The minimum absolute atomic E-state index is 0.